The zero-order valence-electron chi connectivity index (χ0n) is 21.3. The van der Waals surface area contributed by atoms with Gasteiger partial charge in [0.05, 0.1) is 54.3 Å². The molecule has 3 aliphatic rings. The summed E-state index contributed by atoms with van der Waals surface area (Å²) in [6.07, 6.45) is -6.45. The number of benzene rings is 2. The van der Waals surface area contributed by atoms with Gasteiger partial charge in [0, 0.05) is 42.0 Å². The van der Waals surface area contributed by atoms with E-state index < -0.39 is 89.6 Å². The third-order valence-electron chi connectivity index (χ3n) is 7.97. The quantitative estimate of drug-likeness (QED) is 0.208. The van der Waals surface area contributed by atoms with Crippen molar-refractivity contribution in [1.82, 2.24) is 0 Å². The molecule has 7 atom stereocenters. The Morgan fingerprint density at radius 3 is 2.49 bits per heavy atom. The molecule has 1 saturated heterocycles. The zero-order valence-corrected chi connectivity index (χ0v) is 21.3. The smallest absolute Gasteiger partial charge is 0.202 e. The fraction of sp³-hybridized carbons (Fsp3) is 0.481. The third kappa shape index (κ3) is 4.19. The molecule has 0 radical (unpaired) electrons. The lowest BCUT2D eigenvalue weighted by Crippen LogP contribution is -2.53. The maximum atomic E-state index is 13.7. The lowest BCUT2D eigenvalue weighted by Gasteiger charge is -2.44. The number of aromatic hydroxyl groups is 2. The fourth-order valence-corrected chi connectivity index (χ4v) is 5.84. The third-order valence-corrected chi connectivity index (χ3v) is 7.97. The van der Waals surface area contributed by atoms with Crippen LogP contribution in [0.2, 0.25) is 0 Å². The van der Waals surface area contributed by atoms with Gasteiger partial charge in [-0.05, 0) is 13.0 Å². The highest BCUT2D eigenvalue weighted by Gasteiger charge is 2.50. The highest BCUT2D eigenvalue weighted by Crippen LogP contribution is 2.52. The van der Waals surface area contributed by atoms with Crippen molar-refractivity contribution in [3.05, 3.63) is 51.6 Å². The average molecular weight is 546 g/mol. The van der Waals surface area contributed by atoms with Gasteiger partial charge in [-0.3, -0.25) is 9.59 Å². The van der Waals surface area contributed by atoms with E-state index in [1.807, 2.05) is 0 Å². The van der Waals surface area contributed by atoms with E-state index in [4.69, 9.17) is 19.9 Å². The Hall–Kier alpha value is -3.10. The van der Waals surface area contributed by atoms with Crippen LogP contribution in [0.1, 0.15) is 68.8 Å². The maximum Gasteiger partial charge on any atom is 0.202 e. The fourth-order valence-electron chi connectivity index (χ4n) is 5.84. The van der Waals surface area contributed by atoms with Crippen molar-refractivity contribution < 1.29 is 54.4 Å². The first-order valence-electron chi connectivity index (χ1n) is 12.6. The van der Waals surface area contributed by atoms with E-state index in [9.17, 15) is 40.2 Å². The van der Waals surface area contributed by atoms with Crippen LogP contribution in [0.3, 0.4) is 0 Å². The molecule has 2 aromatic rings. The van der Waals surface area contributed by atoms with Crippen molar-refractivity contribution in [1.29, 1.82) is 0 Å². The molecule has 1 heterocycles. The molecule has 0 spiro atoms. The molecule has 0 saturated carbocycles. The number of methoxy groups -OCH3 is 1. The molecule has 0 amide bonds. The second kappa shape index (κ2) is 9.82. The van der Waals surface area contributed by atoms with Crippen LogP contribution in [0.25, 0.3) is 0 Å². The highest BCUT2D eigenvalue weighted by atomic mass is 16.7. The summed E-state index contributed by atoms with van der Waals surface area (Å²) >= 11 is 0. The standard InChI is InChI=1S/C27H31NO11/c1-10-22(31)13(28)6-17(38-10)39-15-8-27(36,16(30)9-29)7-12-19(15)26(35)21-20(24(12)33)23(32)11-4-3-5-14(37-2)18(11)25(21)34/h3-5,10,13,15-17,22,29-31,33,35-36H,6-9,28H2,1-2H3/t10-,13-,15-,16?,17?,22-,27-/m0/s1. The van der Waals surface area contributed by atoms with Crippen LogP contribution >= 0.6 is 0 Å². The Morgan fingerprint density at radius 1 is 1.15 bits per heavy atom. The molecule has 39 heavy (non-hydrogen) atoms. The first-order chi connectivity index (χ1) is 18.4. The maximum absolute atomic E-state index is 13.7. The van der Waals surface area contributed by atoms with E-state index >= 15 is 0 Å². The van der Waals surface area contributed by atoms with E-state index in [1.165, 1.54) is 25.3 Å². The molecule has 5 rings (SSSR count). The van der Waals surface area contributed by atoms with Gasteiger partial charge in [0.25, 0.3) is 0 Å². The Kier molecular flexibility index (Phi) is 6.92. The Balaban J connectivity index is 1.68. The molecular formula is C27H31NO11. The molecular weight excluding hydrogens is 514 g/mol. The van der Waals surface area contributed by atoms with Crippen LogP contribution in [0.15, 0.2) is 18.2 Å². The summed E-state index contributed by atoms with van der Waals surface area (Å²) in [6.45, 7) is 0.768. The number of hydrogen-bond donors (Lipinski definition) is 7. The van der Waals surface area contributed by atoms with Gasteiger partial charge in [-0.2, -0.15) is 0 Å². The lowest BCUT2D eigenvalue weighted by molar-refractivity contribution is -0.251. The monoisotopic (exact) mass is 545 g/mol. The number of carbonyl (C=O) groups excluding carboxylic acids is 2. The van der Waals surface area contributed by atoms with Crippen molar-refractivity contribution >= 4 is 11.6 Å². The molecule has 8 N–H and O–H groups in total. The molecule has 210 valence electrons. The van der Waals surface area contributed by atoms with E-state index in [2.05, 4.69) is 0 Å². The van der Waals surface area contributed by atoms with Gasteiger partial charge in [0.15, 0.2) is 12.1 Å². The van der Waals surface area contributed by atoms with Crippen LogP contribution in [0, 0.1) is 0 Å². The number of rotatable bonds is 5. The number of phenolic OH excluding ortho intramolecular Hbond substituents is 2. The minimum Gasteiger partial charge on any atom is -0.507 e. The van der Waals surface area contributed by atoms with Gasteiger partial charge in [-0.1, -0.05) is 12.1 Å². The summed E-state index contributed by atoms with van der Waals surface area (Å²) in [5, 5.41) is 64.4. The molecule has 1 fully saturated rings. The molecule has 12 nitrogen and oxygen atoms in total. The van der Waals surface area contributed by atoms with Gasteiger partial charge in [-0.15, -0.1) is 0 Å². The summed E-state index contributed by atoms with van der Waals surface area (Å²) < 4.78 is 17.1. The summed E-state index contributed by atoms with van der Waals surface area (Å²) in [5.74, 6) is -2.68. The number of carbonyl (C=O) groups is 2. The highest BCUT2D eigenvalue weighted by molar-refractivity contribution is 6.31. The van der Waals surface area contributed by atoms with Gasteiger partial charge >= 0.3 is 0 Å². The summed E-state index contributed by atoms with van der Waals surface area (Å²) in [7, 11) is 1.33. The molecule has 2 aliphatic carbocycles. The number of nitrogens with two attached hydrogens (primary N) is 1. The van der Waals surface area contributed by atoms with Crippen molar-refractivity contribution in [2.45, 2.75) is 68.5 Å². The molecule has 1 aliphatic heterocycles. The Labute approximate surface area is 223 Å². The van der Waals surface area contributed by atoms with Gasteiger partial charge in [-0.25, -0.2) is 0 Å². The van der Waals surface area contributed by atoms with Crippen LogP contribution in [-0.4, -0.2) is 92.2 Å². The van der Waals surface area contributed by atoms with Crippen LogP contribution in [-0.2, 0) is 15.9 Å². The Morgan fingerprint density at radius 2 is 1.85 bits per heavy atom. The number of fused-ring (bicyclic) bond motifs is 3. The number of aliphatic hydroxyl groups excluding tert-OH is 3. The van der Waals surface area contributed by atoms with Crippen molar-refractivity contribution in [3.63, 3.8) is 0 Å². The largest absolute Gasteiger partial charge is 0.507 e. The average Bonchev–Trinajstić information content (AvgIpc) is 2.90. The summed E-state index contributed by atoms with van der Waals surface area (Å²) in [5.41, 5.74) is 2.77. The van der Waals surface area contributed by atoms with Crippen LogP contribution < -0.4 is 10.5 Å². The topological polar surface area (TPSA) is 209 Å². The van der Waals surface area contributed by atoms with Crippen molar-refractivity contribution in [2.75, 3.05) is 13.7 Å². The number of aliphatic hydroxyl groups is 4. The predicted molar refractivity (Wildman–Crippen MR) is 133 cm³/mol. The van der Waals surface area contributed by atoms with Crippen molar-refractivity contribution in [2.24, 2.45) is 5.73 Å². The number of ketones is 2. The van der Waals surface area contributed by atoms with E-state index in [0.29, 0.717) is 0 Å². The Bertz CT molecular complexity index is 1330. The number of hydrogen-bond acceptors (Lipinski definition) is 12. The van der Waals surface area contributed by atoms with E-state index in [1.54, 1.807) is 6.92 Å². The number of ether oxygens (including phenoxy) is 3. The zero-order chi connectivity index (χ0) is 28.4. The van der Waals surface area contributed by atoms with Crippen molar-refractivity contribution in [3.8, 4) is 17.2 Å². The van der Waals surface area contributed by atoms with Crippen LogP contribution in [0.5, 0.6) is 17.2 Å². The SMILES string of the molecule is COc1cccc2c1C(=O)c1c(O)c3c(c(O)c1C2=O)C[C@@](O)(C(O)CO)C[C@@H]3OC1C[C@H](N)[C@@H](O)[C@H](C)O1. The minimum absolute atomic E-state index is 0.0343. The first-order valence-corrected chi connectivity index (χ1v) is 12.6. The molecule has 12 heteroatoms. The molecule has 0 bridgehead atoms. The molecule has 0 aromatic heterocycles. The number of phenols is 2. The second-order valence-corrected chi connectivity index (χ2v) is 10.3. The van der Waals surface area contributed by atoms with Gasteiger partial charge in [0.1, 0.15) is 23.4 Å². The lowest BCUT2D eigenvalue weighted by atomic mass is 9.71. The van der Waals surface area contributed by atoms with E-state index in [0.717, 1.165) is 0 Å². The van der Waals surface area contributed by atoms with Crippen LogP contribution in [0.4, 0.5) is 0 Å². The second-order valence-electron chi connectivity index (χ2n) is 10.3. The van der Waals surface area contributed by atoms with Gasteiger partial charge in [0.2, 0.25) is 5.78 Å². The molecule has 2 aromatic carbocycles. The van der Waals surface area contributed by atoms with E-state index in [-0.39, 0.29) is 40.8 Å². The minimum atomic E-state index is -2.05. The summed E-state index contributed by atoms with van der Waals surface area (Å²) in [6, 6.07) is 3.69. The first kappa shape index (κ1) is 27.5. The van der Waals surface area contributed by atoms with Gasteiger partial charge < -0.3 is 50.6 Å². The summed E-state index contributed by atoms with van der Waals surface area (Å²) in [4.78, 5) is 27.2. The normalized spacial score (nSPS) is 30.8. The predicted octanol–water partition coefficient (Wildman–Crippen LogP) is -0.207. The molecule has 2 unspecified atom stereocenters.